The first-order chi connectivity index (χ1) is 12.4. The second kappa shape index (κ2) is 9.81. The van der Waals surface area contributed by atoms with Crippen LogP contribution in [-0.2, 0) is 11.3 Å². The molecular formula is C21H34N2O3. The summed E-state index contributed by atoms with van der Waals surface area (Å²) in [5.74, 6) is 1.98. The molecule has 0 radical (unpaired) electrons. The minimum atomic E-state index is -0.545. The van der Waals surface area contributed by atoms with Gasteiger partial charge in [-0.2, -0.15) is 0 Å². The zero-order chi connectivity index (χ0) is 19.1. The Morgan fingerprint density at radius 2 is 2.00 bits per heavy atom. The van der Waals surface area contributed by atoms with Crippen LogP contribution in [0.2, 0.25) is 0 Å². The average Bonchev–Trinajstić information content (AvgIpc) is 2.62. The molecule has 0 spiro atoms. The number of likely N-dealkylation sites (N-methyl/N-ethyl adjacent to an activating group) is 1. The Balaban J connectivity index is 2.03. The molecule has 2 rings (SSSR count). The van der Waals surface area contributed by atoms with E-state index >= 15 is 0 Å². The van der Waals surface area contributed by atoms with Crippen LogP contribution < -0.4 is 14.8 Å². The highest BCUT2D eigenvalue weighted by Crippen LogP contribution is 2.30. The first-order valence-electron chi connectivity index (χ1n) is 9.79. The molecule has 0 saturated heterocycles. The maximum Gasteiger partial charge on any atom is 0.262 e. The van der Waals surface area contributed by atoms with E-state index in [0.717, 1.165) is 12.5 Å². The molecule has 3 atom stereocenters. The monoisotopic (exact) mass is 362 g/mol. The molecule has 5 nitrogen and oxygen atoms in total. The number of ether oxygens (including phenoxy) is 2. The lowest BCUT2D eigenvalue weighted by molar-refractivity contribution is -0.135. The summed E-state index contributed by atoms with van der Waals surface area (Å²) in [6.07, 6.45) is 4.69. The number of hydrogen-bond acceptors (Lipinski definition) is 4. The molecule has 1 aromatic rings. The first kappa shape index (κ1) is 20.6. The number of rotatable bonds is 8. The van der Waals surface area contributed by atoms with Crippen LogP contribution in [0.4, 0.5) is 0 Å². The van der Waals surface area contributed by atoms with E-state index in [9.17, 15) is 4.79 Å². The summed E-state index contributed by atoms with van der Waals surface area (Å²) in [4.78, 5) is 13.6. The van der Waals surface area contributed by atoms with Gasteiger partial charge >= 0.3 is 0 Å². The number of nitrogens with zero attached hydrogens (tertiary/aromatic N) is 1. The third kappa shape index (κ3) is 5.63. The molecule has 0 heterocycles. The van der Waals surface area contributed by atoms with Crippen LogP contribution in [0.1, 0.15) is 52.0 Å². The number of nitrogens with one attached hydrogen (secondary N) is 1. The normalized spacial score (nSPS) is 21.1. The molecule has 3 unspecified atom stereocenters. The Bertz CT molecular complexity index is 589. The van der Waals surface area contributed by atoms with Gasteiger partial charge < -0.3 is 19.7 Å². The van der Waals surface area contributed by atoms with Crippen molar-refractivity contribution in [3.8, 4) is 11.5 Å². The van der Waals surface area contributed by atoms with Crippen molar-refractivity contribution in [1.29, 1.82) is 0 Å². The van der Waals surface area contributed by atoms with Crippen LogP contribution in [0, 0.1) is 5.92 Å². The fourth-order valence-corrected chi connectivity index (χ4v) is 3.50. The van der Waals surface area contributed by atoms with Gasteiger partial charge in [0.05, 0.1) is 6.61 Å². The van der Waals surface area contributed by atoms with E-state index < -0.39 is 6.10 Å². The van der Waals surface area contributed by atoms with Crippen LogP contribution >= 0.6 is 0 Å². The number of hydrogen-bond donors (Lipinski definition) is 1. The van der Waals surface area contributed by atoms with Crippen molar-refractivity contribution in [1.82, 2.24) is 10.2 Å². The molecular weight excluding hydrogens is 328 g/mol. The smallest absolute Gasteiger partial charge is 0.262 e. The summed E-state index contributed by atoms with van der Waals surface area (Å²) in [5, 5.41) is 3.69. The van der Waals surface area contributed by atoms with E-state index in [4.69, 9.17) is 9.47 Å². The zero-order valence-corrected chi connectivity index (χ0v) is 16.9. The molecule has 1 aromatic carbocycles. The van der Waals surface area contributed by atoms with Gasteiger partial charge in [0.15, 0.2) is 17.6 Å². The summed E-state index contributed by atoms with van der Waals surface area (Å²) < 4.78 is 11.6. The Morgan fingerprint density at radius 3 is 2.65 bits per heavy atom. The molecule has 0 aliphatic heterocycles. The predicted molar refractivity (Wildman–Crippen MR) is 105 cm³/mol. The van der Waals surface area contributed by atoms with Crippen molar-refractivity contribution in [3.05, 3.63) is 23.8 Å². The predicted octanol–water partition coefficient (Wildman–Crippen LogP) is 3.61. The number of amides is 1. The Kier molecular flexibility index (Phi) is 7.76. The van der Waals surface area contributed by atoms with Gasteiger partial charge in [0, 0.05) is 26.7 Å². The fourth-order valence-electron chi connectivity index (χ4n) is 3.50. The van der Waals surface area contributed by atoms with Gasteiger partial charge in [0.1, 0.15) is 0 Å². The maximum atomic E-state index is 12.0. The van der Waals surface area contributed by atoms with Crippen LogP contribution in [0.25, 0.3) is 0 Å². The summed E-state index contributed by atoms with van der Waals surface area (Å²) in [5.41, 5.74) is 1.17. The quantitative estimate of drug-likeness (QED) is 0.767. The fraction of sp³-hybridized carbons (Fsp3) is 0.667. The van der Waals surface area contributed by atoms with Crippen molar-refractivity contribution < 1.29 is 14.3 Å². The lowest BCUT2D eigenvalue weighted by Crippen LogP contribution is -2.36. The Morgan fingerprint density at radius 1 is 1.27 bits per heavy atom. The molecule has 0 bridgehead atoms. The van der Waals surface area contributed by atoms with Gasteiger partial charge in [-0.05, 0) is 50.3 Å². The summed E-state index contributed by atoms with van der Waals surface area (Å²) in [6.45, 7) is 7.43. The molecule has 1 aliphatic rings. The second-order valence-electron chi connectivity index (χ2n) is 7.46. The van der Waals surface area contributed by atoms with Gasteiger partial charge in [0.2, 0.25) is 0 Å². The largest absolute Gasteiger partial charge is 0.490 e. The summed E-state index contributed by atoms with van der Waals surface area (Å²) in [6, 6.07) is 6.57. The lowest BCUT2D eigenvalue weighted by Gasteiger charge is -2.29. The Hall–Kier alpha value is -1.75. The highest BCUT2D eigenvalue weighted by Gasteiger charge is 2.21. The topological polar surface area (TPSA) is 50.8 Å². The average molecular weight is 363 g/mol. The summed E-state index contributed by atoms with van der Waals surface area (Å²) >= 11 is 0. The highest BCUT2D eigenvalue weighted by molar-refractivity contribution is 5.80. The van der Waals surface area contributed by atoms with Crippen molar-refractivity contribution in [2.45, 2.75) is 65.1 Å². The molecule has 1 fully saturated rings. The number of carbonyl (C=O) groups excluding carboxylic acids is 1. The van der Waals surface area contributed by atoms with Gasteiger partial charge in [-0.3, -0.25) is 4.79 Å². The molecule has 5 heteroatoms. The van der Waals surface area contributed by atoms with E-state index in [0.29, 0.717) is 24.1 Å². The van der Waals surface area contributed by atoms with E-state index in [1.165, 1.54) is 36.1 Å². The van der Waals surface area contributed by atoms with Crippen molar-refractivity contribution in [2.75, 3.05) is 20.7 Å². The van der Waals surface area contributed by atoms with E-state index in [-0.39, 0.29) is 5.91 Å². The van der Waals surface area contributed by atoms with Crippen LogP contribution in [0.15, 0.2) is 18.2 Å². The summed E-state index contributed by atoms with van der Waals surface area (Å²) in [7, 11) is 3.46. The van der Waals surface area contributed by atoms with Crippen molar-refractivity contribution in [3.63, 3.8) is 0 Å². The highest BCUT2D eigenvalue weighted by atomic mass is 16.5. The second-order valence-corrected chi connectivity index (χ2v) is 7.46. The minimum Gasteiger partial charge on any atom is -0.490 e. The molecule has 26 heavy (non-hydrogen) atoms. The van der Waals surface area contributed by atoms with Crippen LogP contribution in [0.5, 0.6) is 11.5 Å². The molecule has 146 valence electrons. The first-order valence-corrected chi connectivity index (χ1v) is 9.79. The van der Waals surface area contributed by atoms with Crippen molar-refractivity contribution in [2.24, 2.45) is 5.92 Å². The SMILES string of the molecule is CCOc1cc(CNC2CCCCC2C)ccc1OC(C)C(=O)N(C)C. The lowest BCUT2D eigenvalue weighted by atomic mass is 9.86. The van der Waals surface area contributed by atoms with Gasteiger partial charge in [0.25, 0.3) is 5.91 Å². The van der Waals surface area contributed by atoms with E-state index in [2.05, 4.69) is 12.2 Å². The maximum absolute atomic E-state index is 12.0. The molecule has 1 saturated carbocycles. The van der Waals surface area contributed by atoms with E-state index in [1.807, 2.05) is 25.1 Å². The van der Waals surface area contributed by atoms with Crippen LogP contribution in [-0.4, -0.2) is 43.7 Å². The third-order valence-electron chi connectivity index (χ3n) is 5.08. The van der Waals surface area contributed by atoms with E-state index in [1.54, 1.807) is 21.0 Å². The van der Waals surface area contributed by atoms with Gasteiger partial charge in [-0.25, -0.2) is 0 Å². The van der Waals surface area contributed by atoms with Gasteiger partial charge in [-0.1, -0.05) is 25.8 Å². The standard InChI is InChI=1S/C21H34N2O3/c1-6-25-20-13-17(14-22-18-10-8-7-9-15(18)2)11-12-19(20)26-16(3)21(24)23(4)5/h11-13,15-16,18,22H,6-10,14H2,1-5H3. The third-order valence-corrected chi connectivity index (χ3v) is 5.08. The molecule has 1 amide bonds. The van der Waals surface area contributed by atoms with Crippen molar-refractivity contribution >= 4 is 5.91 Å². The van der Waals surface area contributed by atoms with Gasteiger partial charge in [-0.15, -0.1) is 0 Å². The minimum absolute atomic E-state index is 0.0653. The number of benzene rings is 1. The molecule has 0 aromatic heterocycles. The Labute approximate surface area is 158 Å². The number of carbonyl (C=O) groups is 1. The molecule has 1 N–H and O–H groups in total. The van der Waals surface area contributed by atoms with Crippen LogP contribution in [0.3, 0.4) is 0 Å². The molecule has 1 aliphatic carbocycles. The zero-order valence-electron chi connectivity index (χ0n) is 16.9.